The van der Waals surface area contributed by atoms with Gasteiger partial charge in [0.2, 0.25) is 10.0 Å². The molecule has 0 aliphatic rings. The third-order valence-electron chi connectivity index (χ3n) is 1.61. The Morgan fingerprint density at radius 1 is 1.67 bits per heavy atom. The van der Waals surface area contributed by atoms with Crippen LogP contribution >= 0.6 is 0 Å². The van der Waals surface area contributed by atoms with Crippen molar-refractivity contribution in [3.63, 3.8) is 0 Å². The number of hydrogen-bond acceptors (Lipinski definition) is 3. The summed E-state index contributed by atoms with van der Waals surface area (Å²) in [5.74, 6) is -0.157. The van der Waals surface area contributed by atoms with Crippen LogP contribution in [0.2, 0.25) is 0 Å². The lowest BCUT2D eigenvalue weighted by atomic mass is 10.3. The zero-order chi connectivity index (χ0) is 9.35. The minimum Gasteiger partial charge on any atom is -0.271 e. The molecule has 0 bridgehead atoms. The van der Waals surface area contributed by atoms with E-state index in [1.165, 1.54) is 4.68 Å². The Labute approximate surface area is 71.2 Å². The van der Waals surface area contributed by atoms with Gasteiger partial charge in [0.25, 0.3) is 0 Å². The molecule has 0 spiro atoms. The molecule has 0 fully saturated rings. The average molecular weight is 189 g/mol. The fourth-order valence-electron chi connectivity index (χ4n) is 0.970. The monoisotopic (exact) mass is 189 g/mol. The van der Waals surface area contributed by atoms with Crippen LogP contribution in [0.15, 0.2) is 6.20 Å². The van der Waals surface area contributed by atoms with Crippen LogP contribution in [-0.4, -0.2) is 18.2 Å². The molecule has 0 aliphatic carbocycles. The van der Waals surface area contributed by atoms with Crippen molar-refractivity contribution in [3.05, 3.63) is 17.5 Å². The van der Waals surface area contributed by atoms with Crippen molar-refractivity contribution in [2.24, 2.45) is 12.2 Å². The van der Waals surface area contributed by atoms with Gasteiger partial charge in [-0.25, -0.2) is 13.6 Å². The molecule has 0 aromatic carbocycles. The highest BCUT2D eigenvalue weighted by atomic mass is 32.2. The second-order valence-corrected chi connectivity index (χ2v) is 4.32. The normalized spacial score (nSPS) is 11.9. The molecule has 1 aromatic heterocycles. The smallest absolute Gasteiger partial charge is 0.214 e. The molecule has 68 valence electrons. The van der Waals surface area contributed by atoms with E-state index in [1.54, 1.807) is 20.2 Å². The van der Waals surface area contributed by atoms with Crippen LogP contribution in [0, 0.1) is 6.92 Å². The number of rotatable bonds is 2. The van der Waals surface area contributed by atoms with Gasteiger partial charge in [-0.15, -0.1) is 0 Å². The summed E-state index contributed by atoms with van der Waals surface area (Å²) in [5, 5.41) is 8.79. The molecule has 0 atom stereocenters. The van der Waals surface area contributed by atoms with E-state index in [4.69, 9.17) is 5.14 Å². The van der Waals surface area contributed by atoms with Gasteiger partial charge in [0.1, 0.15) is 5.75 Å². The van der Waals surface area contributed by atoms with E-state index >= 15 is 0 Å². The van der Waals surface area contributed by atoms with Gasteiger partial charge < -0.3 is 0 Å². The van der Waals surface area contributed by atoms with E-state index in [0.717, 1.165) is 5.56 Å². The molecule has 0 aliphatic heterocycles. The van der Waals surface area contributed by atoms with Gasteiger partial charge in [0.05, 0.1) is 11.9 Å². The van der Waals surface area contributed by atoms with Crippen molar-refractivity contribution in [2.45, 2.75) is 12.7 Å². The van der Waals surface area contributed by atoms with Crippen LogP contribution in [0.4, 0.5) is 0 Å². The number of nitrogens with two attached hydrogens (primary N) is 1. The molecule has 2 N–H and O–H groups in total. The first-order valence-corrected chi connectivity index (χ1v) is 5.09. The molecule has 0 radical (unpaired) electrons. The van der Waals surface area contributed by atoms with Crippen LogP contribution in [0.3, 0.4) is 0 Å². The molecule has 1 rings (SSSR count). The van der Waals surface area contributed by atoms with E-state index in [2.05, 4.69) is 5.10 Å². The molecule has 0 amide bonds. The van der Waals surface area contributed by atoms with Gasteiger partial charge in [-0.05, 0) is 12.5 Å². The maximum atomic E-state index is 10.7. The lowest BCUT2D eigenvalue weighted by Crippen LogP contribution is -2.17. The van der Waals surface area contributed by atoms with Crippen LogP contribution in [0.5, 0.6) is 0 Å². The van der Waals surface area contributed by atoms with E-state index < -0.39 is 10.0 Å². The van der Waals surface area contributed by atoms with Crippen LogP contribution in [0.25, 0.3) is 0 Å². The SMILES string of the molecule is Cc1cnn(C)c1CS(N)(=O)=O. The van der Waals surface area contributed by atoms with Gasteiger partial charge >= 0.3 is 0 Å². The predicted octanol–water partition coefficient (Wildman–Crippen LogP) is -0.483. The van der Waals surface area contributed by atoms with Gasteiger partial charge in [-0.1, -0.05) is 0 Å². The summed E-state index contributed by atoms with van der Waals surface area (Å²) < 4.78 is 23.0. The lowest BCUT2D eigenvalue weighted by Gasteiger charge is -2.00. The third-order valence-corrected chi connectivity index (χ3v) is 2.28. The number of aromatic nitrogens is 2. The lowest BCUT2D eigenvalue weighted by molar-refractivity contribution is 0.593. The largest absolute Gasteiger partial charge is 0.271 e. The van der Waals surface area contributed by atoms with Gasteiger partial charge in [0, 0.05) is 7.05 Å². The quantitative estimate of drug-likeness (QED) is 0.682. The third kappa shape index (κ3) is 2.05. The number of sulfonamides is 1. The average Bonchev–Trinajstić information content (AvgIpc) is 2.16. The molecular weight excluding hydrogens is 178 g/mol. The van der Waals surface area contributed by atoms with Crippen molar-refractivity contribution in [3.8, 4) is 0 Å². The Morgan fingerprint density at radius 3 is 2.58 bits per heavy atom. The summed E-state index contributed by atoms with van der Waals surface area (Å²) in [4.78, 5) is 0. The standard InChI is InChI=1S/C6H11N3O2S/c1-5-3-8-9(2)6(5)4-12(7,10)11/h3H,4H2,1-2H3,(H2,7,10,11). The Balaban J connectivity index is 3.04. The highest BCUT2D eigenvalue weighted by Crippen LogP contribution is 2.07. The zero-order valence-corrected chi connectivity index (χ0v) is 7.80. The molecule has 1 heterocycles. The first kappa shape index (κ1) is 9.21. The molecule has 1 aromatic rings. The van der Waals surface area contributed by atoms with Gasteiger partial charge in [0.15, 0.2) is 0 Å². The molecule has 0 saturated heterocycles. The minimum absolute atomic E-state index is 0.157. The highest BCUT2D eigenvalue weighted by Gasteiger charge is 2.11. The Morgan fingerprint density at radius 2 is 2.25 bits per heavy atom. The topological polar surface area (TPSA) is 78.0 Å². The van der Waals surface area contributed by atoms with E-state index in [9.17, 15) is 8.42 Å². The summed E-state index contributed by atoms with van der Waals surface area (Å²) in [6.45, 7) is 1.80. The molecule has 0 unspecified atom stereocenters. The molecule has 12 heavy (non-hydrogen) atoms. The predicted molar refractivity (Wildman–Crippen MR) is 44.8 cm³/mol. The van der Waals surface area contributed by atoms with E-state index in [0.29, 0.717) is 5.69 Å². The molecular formula is C6H11N3O2S. The zero-order valence-electron chi connectivity index (χ0n) is 6.98. The Hall–Kier alpha value is -0.880. The fourth-order valence-corrected chi connectivity index (χ4v) is 1.77. The second-order valence-electron chi connectivity index (χ2n) is 2.71. The van der Waals surface area contributed by atoms with Crippen molar-refractivity contribution in [2.75, 3.05) is 0 Å². The summed E-state index contributed by atoms with van der Waals surface area (Å²) in [6, 6.07) is 0. The number of primary sulfonamides is 1. The summed E-state index contributed by atoms with van der Waals surface area (Å²) in [5.41, 5.74) is 1.48. The van der Waals surface area contributed by atoms with Crippen LogP contribution < -0.4 is 5.14 Å². The fraction of sp³-hybridized carbons (Fsp3) is 0.500. The molecule has 5 nitrogen and oxygen atoms in total. The number of hydrogen-bond donors (Lipinski definition) is 1. The number of nitrogens with zero attached hydrogens (tertiary/aromatic N) is 2. The van der Waals surface area contributed by atoms with E-state index in [1.807, 2.05) is 0 Å². The number of aryl methyl sites for hydroxylation is 2. The first-order valence-electron chi connectivity index (χ1n) is 3.38. The maximum Gasteiger partial charge on any atom is 0.214 e. The van der Waals surface area contributed by atoms with Crippen LogP contribution in [-0.2, 0) is 22.8 Å². The van der Waals surface area contributed by atoms with Crippen molar-refractivity contribution in [1.29, 1.82) is 0 Å². The minimum atomic E-state index is -3.45. The maximum absolute atomic E-state index is 10.7. The summed E-state index contributed by atoms with van der Waals surface area (Å²) in [6.07, 6.45) is 1.61. The molecule has 0 saturated carbocycles. The van der Waals surface area contributed by atoms with Gasteiger partial charge in [-0.3, -0.25) is 4.68 Å². The van der Waals surface area contributed by atoms with Crippen molar-refractivity contribution < 1.29 is 8.42 Å². The first-order chi connectivity index (χ1) is 5.40. The molecule has 6 heteroatoms. The summed E-state index contributed by atoms with van der Waals surface area (Å²) >= 11 is 0. The van der Waals surface area contributed by atoms with Crippen molar-refractivity contribution in [1.82, 2.24) is 9.78 Å². The van der Waals surface area contributed by atoms with Crippen LogP contribution in [0.1, 0.15) is 11.3 Å². The van der Waals surface area contributed by atoms with E-state index in [-0.39, 0.29) is 5.75 Å². The second kappa shape index (κ2) is 2.87. The summed E-state index contributed by atoms with van der Waals surface area (Å²) in [7, 11) is -1.76. The Kier molecular flexibility index (Phi) is 2.20. The Bertz CT molecular complexity index is 360. The highest BCUT2D eigenvalue weighted by molar-refractivity contribution is 7.88. The van der Waals surface area contributed by atoms with Gasteiger partial charge in [-0.2, -0.15) is 5.10 Å². The van der Waals surface area contributed by atoms with Crippen molar-refractivity contribution >= 4 is 10.0 Å².